The Bertz CT molecular complexity index is 427. The van der Waals surface area contributed by atoms with Gasteiger partial charge < -0.3 is 10.1 Å². The van der Waals surface area contributed by atoms with Crippen LogP contribution in [0.4, 0.5) is 0 Å². The van der Waals surface area contributed by atoms with Crippen LogP contribution in [-0.2, 0) is 13.6 Å². The number of nitrogens with zero attached hydrogens (tertiary/aromatic N) is 2. The second-order valence-corrected chi connectivity index (χ2v) is 5.79. The average Bonchev–Trinajstić information content (AvgIpc) is 2.87. The van der Waals surface area contributed by atoms with E-state index in [1.165, 1.54) is 24.8 Å². The summed E-state index contributed by atoms with van der Waals surface area (Å²) in [6.07, 6.45) is 3.95. The molecule has 1 aliphatic carbocycles. The highest BCUT2D eigenvalue weighted by atomic mass is 16.5. The number of ether oxygens (including phenoxy) is 1. The number of aryl methyl sites for hydroxylation is 2. The molecule has 0 spiro atoms. The summed E-state index contributed by atoms with van der Waals surface area (Å²) in [6.45, 7) is 7.59. The van der Waals surface area contributed by atoms with Crippen LogP contribution >= 0.6 is 0 Å². The average molecular weight is 265 g/mol. The molecule has 0 aromatic carbocycles. The molecule has 0 amide bonds. The Kier molecular flexibility index (Phi) is 4.50. The van der Waals surface area contributed by atoms with Crippen molar-refractivity contribution in [1.82, 2.24) is 15.1 Å². The number of aromatic nitrogens is 2. The topological polar surface area (TPSA) is 39.1 Å². The van der Waals surface area contributed by atoms with Gasteiger partial charge in [-0.25, -0.2) is 4.68 Å². The number of methoxy groups -OCH3 is 1. The molecule has 1 heterocycles. The summed E-state index contributed by atoms with van der Waals surface area (Å²) < 4.78 is 7.26. The largest absolute Gasteiger partial charge is 0.481 e. The first-order chi connectivity index (χ1) is 9.08. The Hall–Kier alpha value is -1.03. The molecule has 4 nitrogen and oxygen atoms in total. The molecule has 1 aromatic rings. The number of hydrogen-bond donors (Lipinski definition) is 1. The first kappa shape index (κ1) is 14.4. The van der Waals surface area contributed by atoms with Crippen molar-refractivity contribution in [2.75, 3.05) is 7.11 Å². The zero-order valence-corrected chi connectivity index (χ0v) is 12.9. The Balaban J connectivity index is 2.00. The van der Waals surface area contributed by atoms with E-state index >= 15 is 0 Å². The Morgan fingerprint density at radius 3 is 2.74 bits per heavy atom. The highest BCUT2D eigenvalue weighted by Crippen LogP contribution is 2.34. The van der Waals surface area contributed by atoms with Gasteiger partial charge in [0.15, 0.2) is 0 Å². The van der Waals surface area contributed by atoms with Crippen LogP contribution in [0.1, 0.15) is 44.4 Å². The second kappa shape index (κ2) is 5.95. The van der Waals surface area contributed by atoms with Crippen molar-refractivity contribution in [1.29, 1.82) is 0 Å². The molecular formula is C15H27N3O. The van der Waals surface area contributed by atoms with E-state index in [4.69, 9.17) is 4.74 Å². The van der Waals surface area contributed by atoms with Crippen molar-refractivity contribution < 1.29 is 4.74 Å². The molecule has 1 saturated carbocycles. The summed E-state index contributed by atoms with van der Waals surface area (Å²) in [7, 11) is 3.64. The van der Waals surface area contributed by atoms with Crippen LogP contribution in [0.25, 0.3) is 0 Å². The zero-order valence-electron chi connectivity index (χ0n) is 12.9. The van der Waals surface area contributed by atoms with Crippen LogP contribution in [0.15, 0.2) is 0 Å². The normalized spacial score (nSPS) is 26.9. The van der Waals surface area contributed by atoms with Crippen LogP contribution in [0, 0.1) is 18.8 Å². The fraction of sp³-hybridized carbons (Fsp3) is 0.800. The van der Waals surface area contributed by atoms with Gasteiger partial charge in [0.25, 0.3) is 0 Å². The Morgan fingerprint density at radius 2 is 2.16 bits per heavy atom. The third-order valence-electron chi connectivity index (χ3n) is 4.77. The first-order valence-corrected chi connectivity index (χ1v) is 7.38. The lowest BCUT2D eigenvalue weighted by molar-refractivity contribution is 0.338. The number of nitrogens with one attached hydrogen (secondary N) is 1. The van der Waals surface area contributed by atoms with E-state index in [1.807, 2.05) is 18.7 Å². The summed E-state index contributed by atoms with van der Waals surface area (Å²) >= 11 is 0. The predicted molar refractivity (Wildman–Crippen MR) is 77.3 cm³/mol. The molecule has 2 rings (SSSR count). The molecule has 1 aromatic heterocycles. The number of hydrogen-bond acceptors (Lipinski definition) is 3. The minimum absolute atomic E-state index is 0.634. The van der Waals surface area contributed by atoms with Crippen molar-refractivity contribution in [3.63, 3.8) is 0 Å². The monoisotopic (exact) mass is 265 g/mol. The van der Waals surface area contributed by atoms with Gasteiger partial charge in [0, 0.05) is 19.6 Å². The summed E-state index contributed by atoms with van der Waals surface area (Å²) in [4.78, 5) is 0. The molecule has 1 aliphatic rings. The molecule has 3 unspecified atom stereocenters. The third-order valence-corrected chi connectivity index (χ3v) is 4.77. The molecule has 19 heavy (non-hydrogen) atoms. The van der Waals surface area contributed by atoms with Gasteiger partial charge in [-0.05, 0) is 31.6 Å². The molecular weight excluding hydrogens is 238 g/mol. The quantitative estimate of drug-likeness (QED) is 0.889. The summed E-state index contributed by atoms with van der Waals surface area (Å²) in [6, 6.07) is 0.634. The van der Waals surface area contributed by atoms with E-state index in [2.05, 4.69) is 24.3 Å². The SMILES string of the molecule is CCC1CCC(NCc2c(C)nn(C)c2OC)C1C. The van der Waals surface area contributed by atoms with Gasteiger partial charge >= 0.3 is 0 Å². The minimum atomic E-state index is 0.634. The molecule has 0 radical (unpaired) electrons. The van der Waals surface area contributed by atoms with E-state index in [0.717, 1.165) is 30.0 Å². The van der Waals surface area contributed by atoms with Crippen molar-refractivity contribution in [3.8, 4) is 5.88 Å². The van der Waals surface area contributed by atoms with E-state index in [0.29, 0.717) is 6.04 Å². The molecule has 108 valence electrons. The van der Waals surface area contributed by atoms with Crippen LogP contribution in [-0.4, -0.2) is 22.9 Å². The van der Waals surface area contributed by atoms with E-state index < -0.39 is 0 Å². The molecule has 0 saturated heterocycles. The van der Waals surface area contributed by atoms with Gasteiger partial charge in [-0.3, -0.25) is 0 Å². The van der Waals surface area contributed by atoms with E-state index in [9.17, 15) is 0 Å². The van der Waals surface area contributed by atoms with Gasteiger partial charge in [0.05, 0.1) is 18.4 Å². The highest BCUT2D eigenvalue weighted by molar-refractivity contribution is 5.30. The maximum Gasteiger partial charge on any atom is 0.216 e. The van der Waals surface area contributed by atoms with Crippen molar-refractivity contribution in [2.24, 2.45) is 18.9 Å². The van der Waals surface area contributed by atoms with Crippen LogP contribution in [0.3, 0.4) is 0 Å². The fourth-order valence-electron chi connectivity index (χ4n) is 3.48. The molecule has 0 bridgehead atoms. The summed E-state index contributed by atoms with van der Waals surface area (Å²) in [5.41, 5.74) is 2.25. The lowest BCUT2D eigenvalue weighted by Crippen LogP contribution is -2.32. The van der Waals surface area contributed by atoms with Gasteiger partial charge in [0.2, 0.25) is 5.88 Å². The van der Waals surface area contributed by atoms with Crippen LogP contribution < -0.4 is 10.1 Å². The van der Waals surface area contributed by atoms with Gasteiger partial charge in [0.1, 0.15) is 0 Å². The van der Waals surface area contributed by atoms with Crippen LogP contribution in [0.5, 0.6) is 5.88 Å². The first-order valence-electron chi connectivity index (χ1n) is 7.38. The van der Waals surface area contributed by atoms with Gasteiger partial charge in [-0.15, -0.1) is 0 Å². The standard InChI is InChI=1S/C15H27N3O/c1-6-12-7-8-14(10(12)2)16-9-13-11(3)17-18(4)15(13)19-5/h10,12,14,16H,6-9H2,1-5H3. The number of rotatable bonds is 5. The predicted octanol–water partition coefficient (Wildman–Crippen LogP) is 2.65. The summed E-state index contributed by atoms with van der Waals surface area (Å²) in [5, 5.41) is 8.14. The van der Waals surface area contributed by atoms with Crippen molar-refractivity contribution in [2.45, 2.75) is 52.6 Å². The highest BCUT2D eigenvalue weighted by Gasteiger charge is 2.31. The molecule has 0 aliphatic heterocycles. The molecule has 1 N–H and O–H groups in total. The smallest absolute Gasteiger partial charge is 0.216 e. The maximum atomic E-state index is 5.44. The molecule has 1 fully saturated rings. The van der Waals surface area contributed by atoms with Crippen molar-refractivity contribution >= 4 is 0 Å². The Labute approximate surface area is 116 Å². The zero-order chi connectivity index (χ0) is 14.0. The third kappa shape index (κ3) is 2.78. The minimum Gasteiger partial charge on any atom is -0.481 e. The molecule has 4 heteroatoms. The van der Waals surface area contributed by atoms with Crippen LogP contribution in [0.2, 0.25) is 0 Å². The van der Waals surface area contributed by atoms with E-state index in [-0.39, 0.29) is 0 Å². The van der Waals surface area contributed by atoms with Gasteiger partial charge in [-0.1, -0.05) is 20.3 Å². The maximum absolute atomic E-state index is 5.44. The fourth-order valence-corrected chi connectivity index (χ4v) is 3.48. The molecule has 3 atom stereocenters. The second-order valence-electron chi connectivity index (χ2n) is 5.79. The Morgan fingerprint density at radius 1 is 1.42 bits per heavy atom. The van der Waals surface area contributed by atoms with Gasteiger partial charge in [-0.2, -0.15) is 5.10 Å². The lowest BCUT2D eigenvalue weighted by Gasteiger charge is -2.21. The lowest BCUT2D eigenvalue weighted by atomic mass is 9.93. The van der Waals surface area contributed by atoms with Crippen molar-refractivity contribution in [3.05, 3.63) is 11.3 Å². The summed E-state index contributed by atoms with van der Waals surface area (Å²) in [5.74, 6) is 2.53. The van der Waals surface area contributed by atoms with E-state index in [1.54, 1.807) is 7.11 Å².